The van der Waals surface area contributed by atoms with Crippen LogP contribution in [-0.4, -0.2) is 9.91 Å². The number of rotatable bonds is 3. The lowest BCUT2D eigenvalue weighted by Gasteiger charge is -2.05. The van der Waals surface area contributed by atoms with E-state index < -0.39 is 28.3 Å². The molecule has 0 radical (unpaired) electrons. The number of nitriles is 1. The number of alkyl halides is 2. The molecule has 1 rings (SSSR count). The van der Waals surface area contributed by atoms with Crippen molar-refractivity contribution in [1.82, 2.24) is 4.98 Å². The third-order valence-corrected chi connectivity index (χ3v) is 1.80. The van der Waals surface area contributed by atoms with Gasteiger partial charge in [-0.3, -0.25) is 10.1 Å². The molecule has 0 unspecified atom stereocenters. The molecule has 84 valence electrons. The van der Waals surface area contributed by atoms with Crippen molar-refractivity contribution in [3.05, 3.63) is 33.1 Å². The molecule has 1 heterocycles. The SMILES string of the molecule is N#Cc1c([N+](=O)[O-])cc(CN)nc1C(F)F. The van der Waals surface area contributed by atoms with Crippen LogP contribution < -0.4 is 5.73 Å². The summed E-state index contributed by atoms with van der Waals surface area (Å²) in [5.74, 6) is 0. The van der Waals surface area contributed by atoms with E-state index >= 15 is 0 Å². The minimum Gasteiger partial charge on any atom is -0.325 e. The van der Waals surface area contributed by atoms with Crippen LogP contribution in [0.25, 0.3) is 0 Å². The van der Waals surface area contributed by atoms with Crippen molar-refractivity contribution in [2.24, 2.45) is 5.73 Å². The summed E-state index contributed by atoms with van der Waals surface area (Å²) >= 11 is 0. The van der Waals surface area contributed by atoms with Crippen molar-refractivity contribution in [3.8, 4) is 6.07 Å². The van der Waals surface area contributed by atoms with E-state index in [-0.39, 0.29) is 12.2 Å². The Hall–Kier alpha value is -2.14. The van der Waals surface area contributed by atoms with E-state index in [1.807, 2.05) is 0 Å². The summed E-state index contributed by atoms with van der Waals surface area (Å²) < 4.78 is 25.0. The summed E-state index contributed by atoms with van der Waals surface area (Å²) in [6, 6.07) is 2.27. The fourth-order valence-electron chi connectivity index (χ4n) is 1.13. The van der Waals surface area contributed by atoms with Gasteiger partial charge in [0.2, 0.25) is 0 Å². The second-order valence-electron chi connectivity index (χ2n) is 2.77. The van der Waals surface area contributed by atoms with Crippen molar-refractivity contribution in [2.45, 2.75) is 13.0 Å². The van der Waals surface area contributed by atoms with Crippen LogP contribution in [0, 0.1) is 21.4 Å². The molecule has 0 fully saturated rings. The van der Waals surface area contributed by atoms with E-state index in [2.05, 4.69) is 4.98 Å². The summed E-state index contributed by atoms with van der Waals surface area (Å²) in [7, 11) is 0. The van der Waals surface area contributed by atoms with Crippen LogP contribution in [0.4, 0.5) is 14.5 Å². The second kappa shape index (κ2) is 4.59. The van der Waals surface area contributed by atoms with Gasteiger partial charge in [0.25, 0.3) is 12.1 Å². The quantitative estimate of drug-likeness (QED) is 0.619. The van der Waals surface area contributed by atoms with E-state index in [1.165, 1.54) is 6.07 Å². The number of aromatic nitrogens is 1. The summed E-state index contributed by atoms with van der Waals surface area (Å²) in [4.78, 5) is 13.1. The molecular weight excluding hydrogens is 222 g/mol. The molecule has 0 atom stereocenters. The first-order chi connectivity index (χ1) is 7.51. The van der Waals surface area contributed by atoms with Gasteiger partial charge in [-0.05, 0) is 0 Å². The van der Waals surface area contributed by atoms with E-state index in [9.17, 15) is 18.9 Å². The fourth-order valence-corrected chi connectivity index (χ4v) is 1.13. The monoisotopic (exact) mass is 228 g/mol. The van der Waals surface area contributed by atoms with Gasteiger partial charge < -0.3 is 5.73 Å². The lowest BCUT2D eigenvalue weighted by Crippen LogP contribution is -2.07. The van der Waals surface area contributed by atoms with Crippen LogP contribution in [0.5, 0.6) is 0 Å². The van der Waals surface area contributed by atoms with Gasteiger partial charge in [0.05, 0.1) is 10.6 Å². The molecule has 2 N–H and O–H groups in total. The average Bonchev–Trinajstić information content (AvgIpc) is 2.26. The average molecular weight is 228 g/mol. The van der Waals surface area contributed by atoms with Gasteiger partial charge in [-0.25, -0.2) is 13.8 Å². The van der Waals surface area contributed by atoms with Crippen molar-refractivity contribution in [2.75, 3.05) is 0 Å². The summed E-state index contributed by atoms with van der Waals surface area (Å²) in [6.45, 7) is -0.216. The Balaban J connectivity index is 3.54. The lowest BCUT2D eigenvalue weighted by atomic mass is 10.1. The van der Waals surface area contributed by atoms with Crippen LogP contribution in [-0.2, 0) is 6.54 Å². The Morgan fingerprint density at radius 1 is 1.69 bits per heavy atom. The number of hydrogen-bond donors (Lipinski definition) is 1. The van der Waals surface area contributed by atoms with E-state index in [1.54, 1.807) is 0 Å². The second-order valence-corrected chi connectivity index (χ2v) is 2.77. The summed E-state index contributed by atoms with van der Waals surface area (Å²) in [5.41, 5.74) is 2.78. The molecular formula is C8H6F2N4O2. The van der Waals surface area contributed by atoms with Gasteiger partial charge in [0.1, 0.15) is 11.8 Å². The predicted octanol–water partition coefficient (Wildman–Crippen LogP) is 1.26. The molecule has 0 spiro atoms. The molecule has 0 aromatic carbocycles. The fraction of sp³-hybridized carbons (Fsp3) is 0.250. The van der Waals surface area contributed by atoms with Crippen LogP contribution >= 0.6 is 0 Å². The third-order valence-electron chi connectivity index (χ3n) is 1.80. The summed E-state index contributed by atoms with van der Waals surface area (Å²) in [6.07, 6.45) is -3.06. The van der Waals surface area contributed by atoms with Crippen molar-refractivity contribution in [1.29, 1.82) is 5.26 Å². The molecule has 1 aromatic rings. The maximum Gasteiger partial charge on any atom is 0.291 e. The number of nitrogens with two attached hydrogens (primary N) is 1. The highest BCUT2D eigenvalue weighted by Gasteiger charge is 2.25. The Labute approximate surface area is 88.5 Å². The molecule has 0 amide bonds. The van der Waals surface area contributed by atoms with Crippen LogP contribution in [0.2, 0.25) is 0 Å². The molecule has 0 saturated carbocycles. The van der Waals surface area contributed by atoms with Gasteiger partial charge in [-0.1, -0.05) is 0 Å². The van der Waals surface area contributed by atoms with E-state index in [4.69, 9.17) is 11.0 Å². The topological polar surface area (TPSA) is 106 Å². The van der Waals surface area contributed by atoms with Gasteiger partial charge in [-0.2, -0.15) is 5.26 Å². The highest BCUT2D eigenvalue weighted by molar-refractivity contribution is 5.52. The Morgan fingerprint density at radius 2 is 2.31 bits per heavy atom. The maximum atomic E-state index is 12.5. The Bertz CT molecular complexity index is 470. The van der Waals surface area contributed by atoms with Gasteiger partial charge >= 0.3 is 0 Å². The minimum atomic E-state index is -3.06. The zero-order valence-electron chi connectivity index (χ0n) is 7.85. The van der Waals surface area contributed by atoms with Crippen molar-refractivity contribution < 1.29 is 13.7 Å². The normalized spacial score (nSPS) is 10.2. The van der Waals surface area contributed by atoms with Crippen LogP contribution in [0.1, 0.15) is 23.4 Å². The molecule has 16 heavy (non-hydrogen) atoms. The number of pyridine rings is 1. The van der Waals surface area contributed by atoms with Gasteiger partial charge in [0.15, 0.2) is 5.56 Å². The van der Waals surface area contributed by atoms with Crippen molar-refractivity contribution >= 4 is 5.69 Å². The highest BCUT2D eigenvalue weighted by atomic mass is 19.3. The maximum absolute atomic E-state index is 12.5. The third kappa shape index (κ3) is 2.09. The number of nitrogens with zero attached hydrogens (tertiary/aromatic N) is 3. The molecule has 6 nitrogen and oxygen atoms in total. The smallest absolute Gasteiger partial charge is 0.291 e. The van der Waals surface area contributed by atoms with Gasteiger partial charge in [0, 0.05) is 12.6 Å². The Morgan fingerprint density at radius 3 is 2.69 bits per heavy atom. The van der Waals surface area contributed by atoms with Crippen molar-refractivity contribution in [3.63, 3.8) is 0 Å². The lowest BCUT2D eigenvalue weighted by molar-refractivity contribution is -0.385. The van der Waals surface area contributed by atoms with E-state index in [0.717, 1.165) is 6.07 Å². The first-order valence-corrected chi connectivity index (χ1v) is 4.07. The van der Waals surface area contributed by atoms with Crippen LogP contribution in [0.3, 0.4) is 0 Å². The van der Waals surface area contributed by atoms with Gasteiger partial charge in [-0.15, -0.1) is 0 Å². The number of nitro groups is 1. The zero-order chi connectivity index (χ0) is 12.3. The molecule has 0 aliphatic carbocycles. The van der Waals surface area contributed by atoms with E-state index in [0.29, 0.717) is 0 Å². The standard InChI is InChI=1S/C8H6F2N4O2/c9-8(10)7-5(3-12)6(14(15)16)1-4(2-11)13-7/h1,8H,2,11H2. The molecule has 0 aliphatic rings. The highest BCUT2D eigenvalue weighted by Crippen LogP contribution is 2.28. The molecule has 0 bridgehead atoms. The molecule has 0 saturated heterocycles. The largest absolute Gasteiger partial charge is 0.325 e. The number of hydrogen-bond acceptors (Lipinski definition) is 5. The molecule has 1 aromatic heterocycles. The molecule has 8 heteroatoms. The summed E-state index contributed by atoms with van der Waals surface area (Å²) in [5, 5.41) is 19.2. The predicted molar refractivity (Wildman–Crippen MR) is 48.5 cm³/mol. The molecule has 0 aliphatic heterocycles. The minimum absolute atomic E-state index is 0.0546. The first-order valence-electron chi connectivity index (χ1n) is 4.07. The first kappa shape index (κ1) is 11.9. The van der Waals surface area contributed by atoms with Crippen LogP contribution in [0.15, 0.2) is 6.07 Å². The Kier molecular flexibility index (Phi) is 3.42. The number of halogens is 2. The zero-order valence-corrected chi connectivity index (χ0v) is 7.85.